The van der Waals surface area contributed by atoms with Crippen molar-refractivity contribution in [3.63, 3.8) is 0 Å². The van der Waals surface area contributed by atoms with E-state index in [1.165, 1.54) is 12.1 Å². The number of nitrogens with two attached hydrogens (primary N) is 1. The van der Waals surface area contributed by atoms with Crippen molar-refractivity contribution in [2.45, 2.75) is 19.8 Å². The standard InChI is InChI=1S/C13H12Br2FN3/c1-2-3-10-11(15)12(17)19-13(18-10)7-4-8(14)6-9(16)5-7/h4-6H,2-3H2,1H3,(H2,17,18,19). The average Bonchev–Trinajstić information content (AvgIpc) is 2.33. The van der Waals surface area contributed by atoms with Crippen LogP contribution in [0.3, 0.4) is 0 Å². The summed E-state index contributed by atoms with van der Waals surface area (Å²) in [6.45, 7) is 2.06. The minimum absolute atomic E-state index is 0.341. The molecule has 0 saturated carbocycles. The van der Waals surface area contributed by atoms with Gasteiger partial charge in [0.2, 0.25) is 0 Å². The van der Waals surface area contributed by atoms with Crippen molar-refractivity contribution < 1.29 is 4.39 Å². The van der Waals surface area contributed by atoms with Crippen LogP contribution in [0.2, 0.25) is 0 Å². The second kappa shape index (κ2) is 5.96. The molecule has 0 atom stereocenters. The quantitative estimate of drug-likeness (QED) is 0.850. The van der Waals surface area contributed by atoms with Crippen LogP contribution in [0.25, 0.3) is 11.4 Å². The molecule has 0 saturated heterocycles. The van der Waals surface area contributed by atoms with E-state index >= 15 is 0 Å². The molecule has 3 nitrogen and oxygen atoms in total. The molecule has 1 heterocycles. The van der Waals surface area contributed by atoms with Crippen LogP contribution in [-0.2, 0) is 6.42 Å². The number of nitrogen functional groups attached to an aromatic ring is 1. The Hall–Kier alpha value is -1.01. The van der Waals surface area contributed by atoms with Gasteiger partial charge >= 0.3 is 0 Å². The maximum absolute atomic E-state index is 13.4. The van der Waals surface area contributed by atoms with E-state index in [2.05, 4.69) is 48.8 Å². The minimum atomic E-state index is -0.341. The molecular weight excluding hydrogens is 377 g/mol. The van der Waals surface area contributed by atoms with Crippen LogP contribution < -0.4 is 5.73 Å². The third-order valence-electron chi connectivity index (χ3n) is 2.55. The molecular formula is C13H12Br2FN3. The monoisotopic (exact) mass is 387 g/mol. The lowest BCUT2D eigenvalue weighted by Gasteiger charge is -2.08. The van der Waals surface area contributed by atoms with Crippen LogP contribution >= 0.6 is 31.9 Å². The smallest absolute Gasteiger partial charge is 0.161 e. The van der Waals surface area contributed by atoms with E-state index in [1.54, 1.807) is 6.07 Å². The molecule has 2 aromatic rings. The lowest BCUT2D eigenvalue weighted by molar-refractivity contribution is 0.627. The summed E-state index contributed by atoms with van der Waals surface area (Å²) >= 11 is 6.64. The zero-order chi connectivity index (χ0) is 14.0. The fraction of sp³-hybridized carbons (Fsp3) is 0.231. The topological polar surface area (TPSA) is 51.8 Å². The van der Waals surface area contributed by atoms with Crippen molar-refractivity contribution in [3.8, 4) is 11.4 Å². The van der Waals surface area contributed by atoms with Crippen LogP contribution in [0.1, 0.15) is 19.0 Å². The third-order valence-corrected chi connectivity index (χ3v) is 3.87. The number of nitrogens with zero attached hydrogens (tertiary/aromatic N) is 2. The number of aromatic nitrogens is 2. The van der Waals surface area contributed by atoms with Crippen LogP contribution in [0, 0.1) is 5.82 Å². The zero-order valence-corrected chi connectivity index (χ0v) is 13.4. The number of halogens is 3. The minimum Gasteiger partial charge on any atom is -0.383 e. The molecule has 6 heteroatoms. The largest absolute Gasteiger partial charge is 0.383 e. The highest BCUT2D eigenvalue weighted by molar-refractivity contribution is 9.11. The fourth-order valence-electron chi connectivity index (χ4n) is 1.73. The van der Waals surface area contributed by atoms with Crippen molar-refractivity contribution in [2.24, 2.45) is 0 Å². The lowest BCUT2D eigenvalue weighted by atomic mass is 10.2. The summed E-state index contributed by atoms with van der Waals surface area (Å²) in [7, 11) is 0. The Morgan fingerprint density at radius 3 is 2.58 bits per heavy atom. The van der Waals surface area contributed by atoms with E-state index in [0.717, 1.165) is 18.5 Å². The van der Waals surface area contributed by atoms with Gasteiger partial charge in [0.1, 0.15) is 11.6 Å². The number of rotatable bonds is 3. The molecule has 1 aromatic heterocycles. The van der Waals surface area contributed by atoms with Gasteiger partial charge in [0, 0.05) is 10.0 Å². The Bertz CT molecular complexity index is 597. The van der Waals surface area contributed by atoms with Gasteiger partial charge in [0.25, 0.3) is 0 Å². The summed E-state index contributed by atoms with van der Waals surface area (Å²) in [5, 5.41) is 0. The van der Waals surface area contributed by atoms with Gasteiger partial charge in [-0.05, 0) is 40.5 Å². The van der Waals surface area contributed by atoms with Gasteiger partial charge in [-0.15, -0.1) is 0 Å². The molecule has 1 aromatic carbocycles. The van der Waals surface area contributed by atoms with Gasteiger partial charge in [0.15, 0.2) is 5.82 Å². The first kappa shape index (κ1) is 14.4. The Balaban J connectivity index is 2.55. The molecule has 2 rings (SSSR count). The van der Waals surface area contributed by atoms with Crippen LogP contribution in [0.5, 0.6) is 0 Å². The number of anilines is 1. The molecule has 100 valence electrons. The maximum Gasteiger partial charge on any atom is 0.161 e. The van der Waals surface area contributed by atoms with Crippen molar-refractivity contribution >= 4 is 37.7 Å². The molecule has 0 radical (unpaired) electrons. The Kier molecular flexibility index (Phi) is 4.52. The van der Waals surface area contributed by atoms with Gasteiger partial charge in [-0.25, -0.2) is 14.4 Å². The first-order valence-electron chi connectivity index (χ1n) is 5.79. The first-order chi connectivity index (χ1) is 9.01. The van der Waals surface area contributed by atoms with Crippen LogP contribution in [0.15, 0.2) is 27.1 Å². The molecule has 0 aliphatic heterocycles. The first-order valence-corrected chi connectivity index (χ1v) is 7.38. The average molecular weight is 389 g/mol. The number of benzene rings is 1. The highest BCUT2D eigenvalue weighted by atomic mass is 79.9. The highest BCUT2D eigenvalue weighted by Gasteiger charge is 2.12. The summed E-state index contributed by atoms with van der Waals surface area (Å²) in [6, 6.07) is 4.54. The van der Waals surface area contributed by atoms with Crippen LogP contribution in [0.4, 0.5) is 10.2 Å². The predicted octanol–water partition coefficient (Wildman–Crippen LogP) is 4.34. The molecule has 0 unspecified atom stereocenters. The van der Waals surface area contributed by atoms with Gasteiger partial charge in [-0.1, -0.05) is 29.3 Å². The molecule has 0 fully saturated rings. The number of aryl methyl sites for hydroxylation is 1. The Morgan fingerprint density at radius 1 is 1.21 bits per heavy atom. The maximum atomic E-state index is 13.4. The molecule has 2 N–H and O–H groups in total. The second-order valence-corrected chi connectivity index (χ2v) is 5.81. The molecule has 0 spiro atoms. The van der Waals surface area contributed by atoms with Gasteiger partial charge in [-0.2, -0.15) is 0 Å². The van der Waals surface area contributed by atoms with E-state index in [4.69, 9.17) is 5.73 Å². The van der Waals surface area contributed by atoms with Crippen molar-refractivity contribution in [1.82, 2.24) is 9.97 Å². The number of hydrogen-bond donors (Lipinski definition) is 1. The molecule has 0 amide bonds. The van der Waals surface area contributed by atoms with Crippen molar-refractivity contribution in [2.75, 3.05) is 5.73 Å². The van der Waals surface area contributed by atoms with Crippen molar-refractivity contribution in [3.05, 3.63) is 38.7 Å². The molecule has 0 bridgehead atoms. The zero-order valence-electron chi connectivity index (χ0n) is 10.3. The Morgan fingerprint density at radius 2 is 1.95 bits per heavy atom. The van der Waals surface area contributed by atoms with E-state index in [0.29, 0.717) is 26.2 Å². The molecule has 0 aliphatic carbocycles. The fourth-order valence-corrected chi connectivity index (χ4v) is 2.57. The summed E-state index contributed by atoms with van der Waals surface area (Å²) in [4.78, 5) is 8.65. The van der Waals surface area contributed by atoms with Gasteiger partial charge in [-0.3, -0.25) is 0 Å². The third kappa shape index (κ3) is 3.30. The molecule has 0 aliphatic rings. The summed E-state index contributed by atoms with van der Waals surface area (Å²) in [6.07, 6.45) is 1.73. The van der Waals surface area contributed by atoms with E-state index in [9.17, 15) is 4.39 Å². The highest BCUT2D eigenvalue weighted by Crippen LogP contribution is 2.28. The van der Waals surface area contributed by atoms with Gasteiger partial charge in [0.05, 0.1) is 10.2 Å². The Labute approximate surface area is 127 Å². The predicted molar refractivity (Wildman–Crippen MR) is 81.2 cm³/mol. The second-order valence-electron chi connectivity index (χ2n) is 4.10. The summed E-state index contributed by atoms with van der Waals surface area (Å²) in [5.41, 5.74) is 7.30. The SMILES string of the molecule is CCCc1nc(-c2cc(F)cc(Br)c2)nc(N)c1Br. The number of hydrogen-bond acceptors (Lipinski definition) is 3. The van der Waals surface area contributed by atoms with E-state index in [-0.39, 0.29) is 5.82 Å². The van der Waals surface area contributed by atoms with Crippen LogP contribution in [-0.4, -0.2) is 9.97 Å². The van der Waals surface area contributed by atoms with E-state index < -0.39 is 0 Å². The summed E-state index contributed by atoms with van der Waals surface area (Å²) in [5.74, 6) is 0.463. The molecule has 19 heavy (non-hydrogen) atoms. The van der Waals surface area contributed by atoms with Gasteiger partial charge < -0.3 is 5.73 Å². The van der Waals surface area contributed by atoms with E-state index in [1.807, 2.05) is 0 Å². The lowest BCUT2D eigenvalue weighted by Crippen LogP contribution is -2.03. The summed E-state index contributed by atoms with van der Waals surface area (Å²) < 4.78 is 14.8. The normalized spacial score (nSPS) is 10.7. The van der Waals surface area contributed by atoms with Crippen molar-refractivity contribution in [1.29, 1.82) is 0 Å².